The number of carbonyl (C=O) groups is 1. The topological polar surface area (TPSA) is 104 Å². The van der Waals surface area contributed by atoms with Crippen molar-refractivity contribution >= 4 is 51.2 Å². The predicted octanol–water partition coefficient (Wildman–Crippen LogP) is 4.79. The van der Waals surface area contributed by atoms with Crippen LogP contribution in [0, 0.1) is 0 Å². The van der Waals surface area contributed by atoms with E-state index in [4.69, 9.17) is 36.8 Å². The number of hydrogen-bond donors (Lipinski definition) is 2. The lowest BCUT2D eigenvalue weighted by Crippen LogP contribution is -2.14. The summed E-state index contributed by atoms with van der Waals surface area (Å²) in [5.74, 6) is 1.05. The molecule has 3 aromatic carbocycles. The number of nitrogens with one attached hydrogen (secondary N) is 1. The fourth-order valence-corrected chi connectivity index (χ4v) is 4.02. The SMILES string of the molecule is Nc1c(C(=O)Nc2ccc(Cl)cc2)c2nc3ccccc3nc2n1-c1ccc2c(c1)OCO2. The highest BCUT2D eigenvalue weighted by molar-refractivity contribution is 6.30. The van der Waals surface area contributed by atoms with Crippen LogP contribution >= 0.6 is 11.6 Å². The first-order valence-electron chi connectivity index (χ1n) is 10.1. The maximum Gasteiger partial charge on any atom is 0.261 e. The number of halogens is 1. The Labute approximate surface area is 192 Å². The molecule has 0 atom stereocenters. The quantitative estimate of drug-likeness (QED) is 0.403. The van der Waals surface area contributed by atoms with Gasteiger partial charge < -0.3 is 20.5 Å². The summed E-state index contributed by atoms with van der Waals surface area (Å²) in [5.41, 5.74) is 10.3. The molecule has 1 aliphatic rings. The number of aromatic nitrogens is 3. The summed E-state index contributed by atoms with van der Waals surface area (Å²) in [6.07, 6.45) is 0. The van der Waals surface area contributed by atoms with Crippen LogP contribution in [0.4, 0.5) is 11.5 Å². The summed E-state index contributed by atoms with van der Waals surface area (Å²) in [6.45, 7) is 0.153. The fourth-order valence-electron chi connectivity index (χ4n) is 3.90. The predicted molar refractivity (Wildman–Crippen MR) is 126 cm³/mol. The Morgan fingerprint density at radius 2 is 1.70 bits per heavy atom. The van der Waals surface area contributed by atoms with Crippen LogP contribution < -0.4 is 20.5 Å². The molecule has 33 heavy (non-hydrogen) atoms. The highest BCUT2D eigenvalue weighted by Gasteiger charge is 2.26. The number of benzene rings is 3. The van der Waals surface area contributed by atoms with Gasteiger partial charge >= 0.3 is 0 Å². The summed E-state index contributed by atoms with van der Waals surface area (Å²) in [7, 11) is 0. The van der Waals surface area contributed by atoms with Gasteiger partial charge in [0.05, 0.1) is 16.7 Å². The largest absolute Gasteiger partial charge is 0.454 e. The van der Waals surface area contributed by atoms with Gasteiger partial charge in [0.15, 0.2) is 17.1 Å². The molecule has 162 valence electrons. The lowest BCUT2D eigenvalue weighted by atomic mass is 10.2. The van der Waals surface area contributed by atoms with Crippen LogP contribution in [0.5, 0.6) is 11.5 Å². The smallest absolute Gasteiger partial charge is 0.261 e. The number of para-hydroxylation sites is 2. The molecule has 8 nitrogen and oxygen atoms in total. The molecule has 0 aliphatic carbocycles. The van der Waals surface area contributed by atoms with E-state index in [1.807, 2.05) is 30.3 Å². The van der Waals surface area contributed by atoms with Gasteiger partial charge in [0.25, 0.3) is 5.91 Å². The second-order valence-corrected chi connectivity index (χ2v) is 7.92. The van der Waals surface area contributed by atoms with E-state index < -0.39 is 5.91 Å². The molecule has 9 heteroatoms. The van der Waals surface area contributed by atoms with E-state index in [-0.39, 0.29) is 18.2 Å². The van der Waals surface area contributed by atoms with Gasteiger partial charge in [-0.15, -0.1) is 0 Å². The number of ether oxygens (including phenoxy) is 2. The molecule has 1 aliphatic heterocycles. The van der Waals surface area contributed by atoms with Gasteiger partial charge in [0, 0.05) is 16.8 Å². The van der Waals surface area contributed by atoms with Gasteiger partial charge in [-0.25, -0.2) is 9.97 Å². The molecule has 1 amide bonds. The van der Waals surface area contributed by atoms with Gasteiger partial charge in [0.1, 0.15) is 16.9 Å². The van der Waals surface area contributed by atoms with E-state index in [9.17, 15) is 4.79 Å². The number of hydrogen-bond acceptors (Lipinski definition) is 6. The molecule has 0 saturated carbocycles. The van der Waals surface area contributed by atoms with Gasteiger partial charge in [-0.05, 0) is 48.5 Å². The summed E-state index contributed by atoms with van der Waals surface area (Å²) >= 11 is 5.96. The number of nitrogens with two attached hydrogens (primary N) is 1. The summed E-state index contributed by atoms with van der Waals surface area (Å²) in [4.78, 5) is 22.9. The zero-order chi connectivity index (χ0) is 22.5. The minimum absolute atomic E-state index is 0.153. The monoisotopic (exact) mass is 457 g/mol. The minimum atomic E-state index is -0.399. The van der Waals surface area contributed by atoms with Gasteiger partial charge in [-0.3, -0.25) is 9.36 Å². The van der Waals surface area contributed by atoms with Crippen molar-refractivity contribution < 1.29 is 14.3 Å². The Morgan fingerprint density at radius 3 is 2.48 bits per heavy atom. The van der Waals surface area contributed by atoms with Crippen molar-refractivity contribution in [1.82, 2.24) is 14.5 Å². The second kappa shape index (κ2) is 7.39. The Morgan fingerprint density at radius 1 is 0.970 bits per heavy atom. The maximum absolute atomic E-state index is 13.4. The van der Waals surface area contributed by atoms with E-state index in [2.05, 4.69) is 5.32 Å². The fraction of sp³-hybridized carbons (Fsp3) is 0.0417. The van der Waals surface area contributed by atoms with Crippen LogP contribution in [0.2, 0.25) is 5.02 Å². The van der Waals surface area contributed by atoms with Crippen LogP contribution in [0.1, 0.15) is 10.4 Å². The Balaban J connectivity index is 1.57. The van der Waals surface area contributed by atoms with E-state index >= 15 is 0 Å². The number of carbonyl (C=O) groups excluding carboxylic acids is 1. The van der Waals surface area contributed by atoms with E-state index in [0.29, 0.717) is 50.1 Å². The molecule has 5 aromatic rings. The third kappa shape index (κ3) is 3.19. The van der Waals surface area contributed by atoms with E-state index in [1.165, 1.54) is 0 Å². The van der Waals surface area contributed by atoms with E-state index in [1.54, 1.807) is 41.0 Å². The molecule has 6 rings (SSSR count). The third-order valence-electron chi connectivity index (χ3n) is 5.44. The molecule has 0 spiro atoms. The van der Waals surface area contributed by atoms with Crippen molar-refractivity contribution in [2.45, 2.75) is 0 Å². The van der Waals surface area contributed by atoms with Crippen molar-refractivity contribution in [1.29, 1.82) is 0 Å². The summed E-state index contributed by atoms with van der Waals surface area (Å²) < 4.78 is 12.6. The number of amides is 1. The van der Waals surface area contributed by atoms with Crippen LogP contribution in [0.25, 0.3) is 27.9 Å². The summed E-state index contributed by atoms with van der Waals surface area (Å²) in [6, 6.07) is 19.7. The molecule has 3 heterocycles. The lowest BCUT2D eigenvalue weighted by molar-refractivity contribution is 0.102. The van der Waals surface area contributed by atoms with Crippen molar-refractivity contribution in [3.8, 4) is 17.2 Å². The normalized spacial score (nSPS) is 12.4. The van der Waals surface area contributed by atoms with E-state index in [0.717, 1.165) is 0 Å². The molecule has 0 saturated heterocycles. The van der Waals surface area contributed by atoms with Crippen molar-refractivity contribution in [3.63, 3.8) is 0 Å². The van der Waals surface area contributed by atoms with Crippen molar-refractivity contribution in [3.05, 3.63) is 77.3 Å². The zero-order valence-corrected chi connectivity index (χ0v) is 17.8. The third-order valence-corrected chi connectivity index (χ3v) is 5.69. The standard InChI is InChI=1S/C24H16ClN5O3/c25-13-5-7-14(8-6-13)27-24(31)20-21-23(29-17-4-2-1-3-16(17)28-21)30(22(20)26)15-9-10-18-19(11-15)33-12-32-18/h1-11H,12,26H2,(H,27,31). The number of nitrogens with zero attached hydrogens (tertiary/aromatic N) is 3. The first kappa shape index (κ1) is 19.4. The molecular formula is C24H16ClN5O3. The van der Waals surface area contributed by atoms with Crippen LogP contribution in [0.15, 0.2) is 66.7 Å². The molecule has 0 unspecified atom stereocenters. The zero-order valence-electron chi connectivity index (χ0n) is 17.1. The Kier molecular flexibility index (Phi) is 4.34. The van der Waals surface area contributed by atoms with Gasteiger partial charge in [-0.2, -0.15) is 0 Å². The molecule has 0 radical (unpaired) electrons. The van der Waals surface area contributed by atoms with Crippen LogP contribution in [-0.2, 0) is 0 Å². The number of fused-ring (bicyclic) bond motifs is 3. The van der Waals surface area contributed by atoms with Gasteiger partial charge in [-0.1, -0.05) is 23.7 Å². The molecule has 3 N–H and O–H groups in total. The number of rotatable bonds is 3. The number of anilines is 2. The molecular weight excluding hydrogens is 442 g/mol. The average molecular weight is 458 g/mol. The van der Waals surface area contributed by atoms with Crippen molar-refractivity contribution in [2.24, 2.45) is 0 Å². The lowest BCUT2D eigenvalue weighted by Gasteiger charge is -2.09. The first-order chi connectivity index (χ1) is 16.1. The highest BCUT2D eigenvalue weighted by Crippen LogP contribution is 2.37. The van der Waals surface area contributed by atoms with Crippen molar-refractivity contribution in [2.75, 3.05) is 17.8 Å². The highest BCUT2D eigenvalue weighted by atomic mass is 35.5. The summed E-state index contributed by atoms with van der Waals surface area (Å²) in [5, 5.41) is 3.44. The maximum atomic E-state index is 13.4. The first-order valence-corrected chi connectivity index (χ1v) is 10.5. The Bertz CT molecular complexity index is 1560. The molecule has 0 bridgehead atoms. The minimum Gasteiger partial charge on any atom is -0.454 e. The average Bonchev–Trinajstić information content (AvgIpc) is 3.39. The van der Waals surface area contributed by atoms with Crippen LogP contribution in [-0.4, -0.2) is 27.2 Å². The molecule has 2 aromatic heterocycles. The Hall–Kier alpha value is -4.30. The second-order valence-electron chi connectivity index (χ2n) is 7.48. The van der Waals surface area contributed by atoms with Gasteiger partial charge in [0.2, 0.25) is 6.79 Å². The van der Waals surface area contributed by atoms with Crippen LogP contribution in [0.3, 0.4) is 0 Å². The number of nitrogen functional groups attached to an aromatic ring is 1. The molecule has 0 fully saturated rings.